The van der Waals surface area contributed by atoms with Crippen LogP contribution in [-0.4, -0.2) is 32.2 Å². The molecule has 2 amide bonds. The number of amides is 2. The lowest BCUT2D eigenvalue weighted by Gasteiger charge is -2.11. The summed E-state index contributed by atoms with van der Waals surface area (Å²) in [6, 6.07) is 18.8. The van der Waals surface area contributed by atoms with Gasteiger partial charge < -0.3 is 15.4 Å². The standard InChI is InChI=1S/C23H15F3N6O2S/c24-23(25,26)34-17-8-6-15(7-9-17)27-22(33)28-16-4-1-3-14(13-16)18-10-11-20-29-30-21(32(20)31-18)19-5-2-12-35-19/h1-13H,(H2,27,28,33). The molecule has 0 radical (unpaired) electrons. The second-order valence-electron chi connectivity index (χ2n) is 7.22. The molecule has 3 heterocycles. The molecule has 3 aromatic heterocycles. The third-order valence-electron chi connectivity index (χ3n) is 4.77. The van der Waals surface area contributed by atoms with E-state index >= 15 is 0 Å². The predicted octanol–water partition coefficient (Wildman–Crippen LogP) is 6.06. The SMILES string of the molecule is O=C(Nc1ccc(OC(F)(F)F)cc1)Nc1cccc(-c2ccc3nnc(-c4cccs4)n3n2)c1. The lowest BCUT2D eigenvalue weighted by molar-refractivity contribution is -0.274. The predicted molar refractivity (Wildman–Crippen MR) is 125 cm³/mol. The van der Waals surface area contributed by atoms with Crippen LogP contribution in [0, 0.1) is 0 Å². The smallest absolute Gasteiger partial charge is 0.406 e. The molecule has 0 unspecified atom stereocenters. The van der Waals surface area contributed by atoms with E-state index in [0.29, 0.717) is 28.5 Å². The number of alkyl halides is 3. The van der Waals surface area contributed by atoms with Gasteiger partial charge in [0.25, 0.3) is 0 Å². The number of hydrogen-bond donors (Lipinski definition) is 2. The summed E-state index contributed by atoms with van der Waals surface area (Å²) in [4.78, 5) is 13.3. The third-order valence-corrected chi connectivity index (χ3v) is 5.63. The van der Waals surface area contributed by atoms with Gasteiger partial charge in [0.1, 0.15) is 5.75 Å². The van der Waals surface area contributed by atoms with Gasteiger partial charge >= 0.3 is 12.4 Å². The van der Waals surface area contributed by atoms with Gasteiger partial charge in [-0.2, -0.15) is 9.61 Å². The van der Waals surface area contributed by atoms with Crippen LogP contribution >= 0.6 is 11.3 Å². The molecule has 35 heavy (non-hydrogen) atoms. The van der Waals surface area contributed by atoms with E-state index in [-0.39, 0.29) is 5.75 Å². The lowest BCUT2D eigenvalue weighted by Crippen LogP contribution is -2.19. The number of nitrogens with one attached hydrogen (secondary N) is 2. The number of thiophene rings is 1. The first kappa shape index (κ1) is 22.3. The molecule has 5 rings (SSSR count). The number of benzene rings is 2. The number of anilines is 2. The van der Waals surface area contributed by atoms with E-state index in [1.807, 2.05) is 35.7 Å². The van der Waals surface area contributed by atoms with Crippen molar-refractivity contribution in [2.24, 2.45) is 0 Å². The zero-order valence-electron chi connectivity index (χ0n) is 17.7. The number of hydrogen-bond acceptors (Lipinski definition) is 6. The fourth-order valence-electron chi connectivity index (χ4n) is 3.29. The Morgan fingerprint density at radius 1 is 0.914 bits per heavy atom. The van der Waals surface area contributed by atoms with Gasteiger partial charge in [-0.3, -0.25) is 0 Å². The number of carbonyl (C=O) groups is 1. The Balaban J connectivity index is 1.31. The van der Waals surface area contributed by atoms with E-state index in [0.717, 1.165) is 22.6 Å². The van der Waals surface area contributed by atoms with Gasteiger partial charge in [-0.15, -0.1) is 34.7 Å². The van der Waals surface area contributed by atoms with Crippen molar-refractivity contribution in [2.75, 3.05) is 10.6 Å². The summed E-state index contributed by atoms with van der Waals surface area (Å²) in [5.74, 6) is 0.258. The summed E-state index contributed by atoms with van der Waals surface area (Å²) in [5.41, 5.74) is 2.82. The number of carbonyl (C=O) groups excluding carboxylic acids is 1. The fourth-order valence-corrected chi connectivity index (χ4v) is 3.99. The molecule has 0 fully saturated rings. The molecular weight excluding hydrogens is 481 g/mol. The molecule has 8 nitrogen and oxygen atoms in total. The van der Waals surface area contributed by atoms with Crippen LogP contribution in [-0.2, 0) is 0 Å². The van der Waals surface area contributed by atoms with Crippen molar-refractivity contribution in [1.29, 1.82) is 0 Å². The Morgan fingerprint density at radius 2 is 1.71 bits per heavy atom. The Labute approximate surface area is 200 Å². The molecular formula is C23H15F3N6O2S. The Morgan fingerprint density at radius 3 is 2.46 bits per heavy atom. The third kappa shape index (κ3) is 5.22. The van der Waals surface area contributed by atoms with Crippen LogP contribution in [0.1, 0.15) is 0 Å². The highest BCUT2D eigenvalue weighted by Crippen LogP contribution is 2.26. The number of ether oxygens (including phenoxy) is 1. The summed E-state index contributed by atoms with van der Waals surface area (Å²) < 4.78 is 42.3. The minimum Gasteiger partial charge on any atom is -0.406 e. The van der Waals surface area contributed by atoms with Crippen LogP contribution in [0.5, 0.6) is 5.75 Å². The second-order valence-corrected chi connectivity index (χ2v) is 8.17. The number of halogens is 3. The number of aromatic nitrogens is 4. The summed E-state index contributed by atoms with van der Waals surface area (Å²) in [6.07, 6.45) is -4.78. The maximum absolute atomic E-state index is 12.4. The summed E-state index contributed by atoms with van der Waals surface area (Å²) in [6.45, 7) is 0. The van der Waals surface area contributed by atoms with E-state index in [1.54, 1.807) is 22.7 Å². The molecule has 0 aliphatic heterocycles. The lowest BCUT2D eigenvalue weighted by atomic mass is 10.1. The zero-order valence-corrected chi connectivity index (χ0v) is 18.5. The molecule has 0 aliphatic carbocycles. The van der Waals surface area contributed by atoms with Crippen LogP contribution in [0.2, 0.25) is 0 Å². The molecule has 0 atom stereocenters. The van der Waals surface area contributed by atoms with Crippen LogP contribution in [0.25, 0.3) is 27.6 Å². The molecule has 0 saturated carbocycles. The van der Waals surface area contributed by atoms with Crippen molar-refractivity contribution < 1.29 is 22.7 Å². The van der Waals surface area contributed by atoms with Crippen LogP contribution in [0.4, 0.5) is 29.3 Å². The van der Waals surface area contributed by atoms with E-state index in [4.69, 9.17) is 0 Å². The van der Waals surface area contributed by atoms with Crippen molar-refractivity contribution in [3.8, 4) is 27.7 Å². The minimum absolute atomic E-state index is 0.300. The fraction of sp³-hybridized carbons (Fsp3) is 0.0435. The quantitative estimate of drug-likeness (QED) is 0.308. The van der Waals surface area contributed by atoms with Gasteiger partial charge in [0, 0.05) is 16.9 Å². The van der Waals surface area contributed by atoms with E-state index in [9.17, 15) is 18.0 Å². The van der Waals surface area contributed by atoms with Crippen LogP contribution in [0.3, 0.4) is 0 Å². The molecule has 12 heteroatoms. The van der Waals surface area contributed by atoms with Crippen molar-refractivity contribution in [1.82, 2.24) is 19.8 Å². The topological polar surface area (TPSA) is 93.4 Å². The molecule has 0 bridgehead atoms. The number of nitrogens with zero attached hydrogens (tertiary/aromatic N) is 4. The van der Waals surface area contributed by atoms with Crippen molar-refractivity contribution >= 4 is 34.4 Å². The molecule has 176 valence electrons. The highest BCUT2D eigenvalue weighted by atomic mass is 32.1. The second kappa shape index (κ2) is 9.06. The number of rotatable bonds is 5. The van der Waals surface area contributed by atoms with Crippen molar-refractivity contribution in [3.63, 3.8) is 0 Å². The highest BCUT2D eigenvalue weighted by molar-refractivity contribution is 7.13. The molecule has 0 aliphatic rings. The maximum atomic E-state index is 12.4. The normalized spacial score (nSPS) is 11.4. The van der Waals surface area contributed by atoms with Crippen molar-refractivity contribution in [2.45, 2.75) is 6.36 Å². The maximum Gasteiger partial charge on any atom is 0.573 e. The molecule has 0 saturated heterocycles. The van der Waals surface area contributed by atoms with Gasteiger partial charge in [-0.25, -0.2) is 4.79 Å². The first-order valence-corrected chi connectivity index (χ1v) is 11.0. The largest absolute Gasteiger partial charge is 0.573 e. The Hall–Kier alpha value is -4.45. The first-order chi connectivity index (χ1) is 16.8. The summed E-state index contributed by atoms with van der Waals surface area (Å²) >= 11 is 1.54. The monoisotopic (exact) mass is 496 g/mol. The average molecular weight is 496 g/mol. The Bertz CT molecular complexity index is 1480. The molecule has 2 N–H and O–H groups in total. The van der Waals surface area contributed by atoms with Crippen LogP contribution in [0.15, 0.2) is 78.2 Å². The minimum atomic E-state index is -4.78. The van der Waals surface area contributed by atoms with E-state index < -0.39 is 12.4 Å². The van der Waals surface area contributed by atoms with Crippen molar-refractivity contribution in [3.05, 3.63) is 78.2 Å². The van der Waals surface area contributed by atoms with Gasteiger partial charge in [0.2, 0.25) is 0 Å². The number of urea groups is 1. The van der Waals surface area contributed by atoms with E-state index in [1.165, 1.54) is 23.5 Å². The summed E-state index contributed by atoms with van der Waals surface area (Å²) in [5, 5.41) is 20.3. The molecule has 5 aromatic rings. The van der Waals surface area contributed by atoms with Gasteiger partial charge in [-0.1, -0.05) is 18.2 Å². The van der Waals surface area contributed by atoms with Gasteiger partial charge in [-0.05, 0) is 60.0 Å². The first-order valence-electron chi connectivity index (χ1n) is 10.1. The number of fused-ring (bicyclic) bond motifs is 1. The zero-order chi connectivity index (χ0) is 24.4. The van der Waals surface area contributed by atoms with Crippen LogP contribution < -0.4 is 15.4 Å². The summed E-state index contributed by atoms with van der Waals surface area (Å²) in [7, 11) is 0. The molecule has 0 spiro atoms. The van der Waals surface area contributed by atoms with Gasteiger partial charge in [0.15, 0.2) is 11.5 Å². The Kier molecular flexibility index (Phi) is 5.79. The highest BCUT2D eigenvalue weighted by Gasteiger charge is 2.31. The average Bonchev–Trinajstić information content (AvgIpc) is 3.49. The molecule has 2 aromatic carbocycles. The van der Waals surface area contributed by atoms with E-state index in [2.05, 4.69) is 30.7 Å². The van der Waals surface area contributed by atoms with Gasteiger partial charge in [0.05, 0.1) is 10.6 Å².